The predicted molar refractivity (Wildman–Crippen MR) is 112 cm³/mol. The first-order chi connectivity index (χ1) is 14.8. The van der Waals surface area contributed by atoms with Crippen molar-refractivity contribution >= 4 is 23.2 Å². The van der Waals surface area contributed by atoms with E-state index in [9.17, 15) is 23.1 Å². The van der Waals surface area contributed by atoms with Gasteiger partial charge in [0.05, 0.1) is 6.42 Å². The minimum absolute atomic E-state index is 0.0867. The average Bonchev–Trinajstić information content (AvgIpc) is 2.96. The van der Waals surface area contributed by atoms with Gasteiger partial charge in [0.2, 0.25) is 0 Å². The first-order valence-electron chi connectivity index (χ1n) is 9.48. The van der Waals surface area contributed by atoms with Gasteiger partial charge in [-0.3, -0.25) is 4.79 Å². The van der Waals surface area contributed by atoms with Gasteiger partial charge in [-0.15, -0.1) is 0 Å². The molecule has 3 nitrogen and oxygen atoms in total. The number of halogens is 3. The molecule has 156 valence electrons. The van der Waals surface area contributed by atoms with Crippen molar-refractivity contribution in [1.82, 2.24) is 0 Å². The van der Waals surface area contributed by atoms with Crippen LogP contribution in [0, 0.1) is 17.5 Å². The van der Waals surface area contributed by atoms with Gasteiger partial charge in [-0.05, 0) is 82.8 Å². The number of carbonyl (C=O) groups is 1. The Morgan fingerprint density at radius 2 is 1.61 bits per heavy atom. The molecule has 0 spiro atoms. The van der Waals surface area contributed by atoms with Crippen LogP contribution in [0.15, 0.2) is 66.2 Å². The molecule has 0 fully saturated rings. The van der Waals surface area contributed by atoms with Crippen molar-refractivity contribution in [2.24, 2.45) is 0 Å². The summed E-state index contributed by atoms with van der Waals surface area (Å²) in [6.07, 6.45) is 1.68. The van der Waals surface area contributed by atoms with Gasteiger partial charge < -0.3 is 9.84 Å². The Balaban J connectivity index is 1.65. The molecular formula is C25H17F3O3. The molecule has 1 aliphatic carbocycles. The molecule has 1 aliphatic rings. The van der Waals surface area contributed by atoms with Crippen molar-refractivity contribution in [3.05, 3.63) is 100 Å². The van der Waals surface area contributed by atoms with E-state index in [1.807, 2.05) is 13.0 Å². The first-order valence-corrected chi connectivity index (χ1v) is 9.48. The van der Waals surface area contributed by atoms with Crippen LogP contribution in [0.1, 0.15) is 30.0 Å². The SMILES string of the molecule is CC1=C(CC(=O)O)c2cc(F)ccc2/C1=C/c1ccc(Oc2ccc(F)cc2F)cc1. The van der Waals surface area contributed by atoms with Crippen molar-refractivity contribution in [3.63, 3.8) is 0 Å². The molecule has 0 aliphatic heterocycles. The van der Waals surface area contributed by atoms with E-state index in [1.54, 1.807) is 30.3 Å². The topological polar surface area (TPSA) is 46.5 Å². The highest BCUT2D eigenvalue weighted by Crippen LogP contribution is 2.43. The lowest BCUT2D eigenvalue weighted by Gasteiger charge is -2.08. The van der Waals surface area contributed by atoms with Crippen molar-refractivity contribution in [2.45, 2.75) is 13.3 Å². The third-order valence-electron chi connectivity index (χ3n) is 5.09. The van der Waals surface area contributed by atoms with E-state index in [1.165, 1.54) is 18.2 Å². The quantitative estimate of drug-likeness (QED) is 0.498. The summed E-state index contributed by atoms with van der Waals surface area (Å²) in [5.41, 5.74) is 4.32. The zero-order valence-electron chi connectivity index (χ0n) is 16.5. The maximum absolute atomic E-state index is 13.8. The number of carboxylic acid groups (broad SMARTS) is 1. The number of hydrogen-bond donors (Lipinski definition) is 1. The summed E-state index contributed by atoms with van der Waals surface area (Å²) in [6.45, 7) is 1.82. The van der Waals surface area contributed by atoms with E-state index in [0.717, 1.165) is 34.4 Å². The van der Waals surface area contributed by atoms with Gasteiger partial charge >= 0.3 is 5.97 Å². The molecule has 1 N–H and O–H groups in total. The molecule has 4 rings (SSSR count). The molecule has 0 radical (unpaired) electrons. The van der Waals surface area contributed by atoms with Gasteiger partial charge in [0.25, 0.3) is 0 Å². The van der Waals surface area contributed by atoms with Gasteiger partial charge in [-0.2, -0.15) is 0 Å². The summed E-state index contributed by atoms with van der Waals surface area (Å²) in [5.74, 6) is -2.61. The minimum Gasteiger partial charge on any atom is -0.481 e. The van der Waals surface area contributed by atoms with Crippen molar-refractivity contribution in [3.8, 4) is 11.5 Å². The van der Waals surface area contributed by atoms with Crippen molar-refractivity contribution < 1.29 is 27.8 Å². The van der Waals surface area contributed by atoms with Crippen molar-refractivity contribution in [2.75, 3.05) is 0 Å². The maximum Gasteiger partial charge on any atom is 0.307 e. The number of benzene rings is 3. The average molecular weight is 422 g/mol. The molecule has 3 aromatic rings. The van der Waals surface area contributed by atoms with E-state index in [0.29, 0.717) is 16.9 Å². The summed E-state index contributed by atoms with van der Waals surface area (Å²) in [5, 5.41) is 9.24. The number of aliphatic carboxylic acids is 1. The monoisotopic (exact) mass is 422 g/mol. The van der Waals surface area contributed by atoms with Gasteiger partial charge in [-0.25, -0.2) is 13.2 Å². The highest BCUT2D eigenvalue weighted by molar-refractivity contribution is 6.07. The predicted octanol–water partition coefficient (Wildman–Crippen LogP) is 6.70. The third kappa shape index (κ3) is 4.23. The Hall–Kier alpha value is -3.80. The lowest BCUT2D eigenvalue weighted by molar-refractivity contribution is -0.135. The summed E-state index contributed by atoms with van der Waals surface area (Å²) >= 11 is 0. The maximum atomic E-state index is 13.8. The molecule has 0 atom stereocenters. The van der Waals surface area contributed by atoms with Crippen LogP contribution in [0.25, 0.3) is 17.2 Å². The Morgan fingerprint density at radius 3 is 2.29 bits per heavy atom. The summed E-state index contributed by atoms with van der Waals surface area (Å²) in [4.78, 5) is 11.3. The van der Waals surface area contributed by atoms with Crippen molar-refractivity contribution in [1.29, 1.82) is 0 Å². The van der Waals surface area contributed by atoms with Crippen LogP contribution in [0.2, 0.25) is 0 Å². The van der Waals surface area contributed by atoms with Gasteiger partial charge in [0.1, 0.15) is 17.4 Å². The molecule has 0 saturated carbocycles. The lowest BCUT2D eigenvalue weighted by Crippen LogP contribution is -1.97. The van der Waals surface area contributed by atoms with Crippen LogP contribution in [0.4, 0.5) is 13.2 Å². The van der Waals surface area contributed by atoms with Crippen LogP contribution in [0.3, 0.4) is 0 Å². The fraction of sp³-hybridized carbons (Fsp3) is 0.0800. The number of fused-ring (bicyclic) bond motifs is 1. The van der Waals surface area contributed by atoms with E-state index in [-0.39, 0.29) is 12.2 Å². The lowest BCUT2D eigenvalue weighted by atomic mass is 10.0. The van der Waals surface area contributed by atoms with Gasteiger partial charge in [0, 0.05) is 6.07 Å². The molecule has 0 unspecified atom stereocenters. The smallest absolute Gasteiger partial charge is 0.307 e. The second kappa shape index (κ2) is 8.14. The molecule has 0 saturated heterocycles. The van der Waals surface area contributed by atoms with Crippen LogP contribution in [0.5, 0.6) is 11.5 Å². The molecule has 0 amide bonds. The zero-order valence-corrected chi connectivity index (χ0v) is 16.5. The largest absolute Gasteiger partial charge is 0.481 e. The minimum atomic E-state index is -0.986. The van der Waals surface area contributed by atoms with E-state index in [4.69, 9.17) is 4.74 Å². The van der Waals surface area contributed by atoms with Gasteiger partial charge in [-0.1, -0.05) is 18.2 Å². The highest BCUT2D eigenvalue weighted by Gasteiger charge is 2.25. The number of allylic oxidation sites excluding steroid dienone is 2. The second-order valence-electron chi connectivity index (χ2n) is 7.17. The number of hydrogen-bond acceptors (Lipinski definition) is 2. The number of rotatable bonds is 5. The van der Waals surface area contributed by atoms with Crippen LogP contribution in [-0.4, -0.2) is 11.1 Å². The summed E-state index contributed by atoms with van der Waals surface area (Å²) in [7, 11) is 0. The van der Waals surface area contributed by atoms with Gasteiger partial charge in [0.15, 0.2) is 11.6 Å². The molecule has 3 aromatic carbocycles. The Bertz CT molecular complexity index is 1240. The Labute approximate surface area is 176 Å². The third-order valence-corrected chi connectivity index (χ3v) is 5.09. The second-order valence-corrected chi connectivity index (χ2v) is 7.17. The molecule has 0 heterocycles. The highest BCUT2D eigenvalue weighted by atomic mass is 19.1. The molecule has 0 bridgehead atoms. The molecular weight excluding hydrogens is 405 g/mol. The number of ether oxygens (including phenoxy) is 1. The Morgan fingerprint density at radius 1 is 0.935 bits per heavy atom. The Kier molecular flexibility index (Phi) is 5.38. The zero-order chi connectivity index (χ0) is 22.1. The van der Waals surface area contributed by atoms with E-state index >= 15 is 0 Å². The van der Waals surface area contributed by atoms with Crippen LogP contribution < -0.4 is 4.74 Å². The fourth-order valence-corrected chi connectivity index (χ4v) is 3.62. The molecule has 6 heteroatoms. The van der Waals surface area contributed by atoms with Crippen LogP contribution >= 0.6 is 0 Å². The van der Waals surface area contributed by atoms with E-state index in [2.05, 4.69) is 0 Å². The summed E-state index contributed by atoms with van der Waals surface area (Å²) in [6, 6.07) is 14.2. The first kappa shape index (κ1) is 20.5. The summed E-state index contributed by atoms with van der Waals surface area (Å²) < 4.78 is 46.0. The van der Waals surface area contributed by atoms with E-state index < -0.39 is 23.4 Å². The fourth-order valence-electron chi connectivity index (χ4n) is 3.62. The normalized spacial score (nSPS) is 14.1. The van der Waals surface area contributed by atoms with Crippen LogP contribution in [-0.2, 0) is 4.79 Å². The molecule has 0 aromatic heterocycles. The standard InChI is InChI=1S/C25H17F3O3/c1-14-20(19-8-4-16(26)11-22(19)21(14)13-25(29)30)10-15-2-6-18(7-3-15)31-24-9-5-17(27)12-23(24)28/h2-12H,13H2,1H3,(H,29,30)/b20-10+. The number of carboxylic acids is 1. The molecule has 31 heavy (non-hydrogen) atoms.